The number of rotatable bonds is 6. The summed E-state index contributed by atoms with van der Waals surface area (Å²) in [7, 11) is 1.64. The number of likely N-dealkylation sites (tertiary alicyclic amines) is 1. The molecule has 2 aromatic carbocycles. The van der Waals surface area contributed by atoms with E-state index in [-0.39, 0.29) is 17.9 Å². The quantitative estimate of drug-likeness (QED) is 0.812. The van der Waals surface area contributed by atoms with Crippen LogP contribution in [0.15, 0.2) is 61.2 Å². The van der Waals surface area contributed by atoms with Gasteiger partial charge in [0.05, 0.1) is 7.11 Å². The first kappa shape index (κ1) is 18.0. The van der Waals surface area contributed by atoms with Crippen LogP contribution in [0.5, 0.6) is 11.5 Å². The monoisotopic (exact) mass is 352 g/mol. The highest BCUT2D eigenvalue weighted by molar-refractivity contribution is 5.95. The van der Waals surface area contributed by atoms with Crippen LogP contribution in [0.25, 0.3) is 0 Å². The van der Waals surface area contributed by atoms with Crippen molar-refractivity contribution < 1.29 is 14.3 Å². The molecule has 1 saturated heterocycles. The van der Waals surface area contributed by atoms with Crippen LogP contribution in [0.1, 0.15) is 21.8 Å². The van der Waals surface area contributed by atoms with Crippen molar-refractivity contribution in [2.24, 2.45) is 5.73 Å². The van der Waals surface area contributed by atoms with Crippen molar-refractivity contribution in [1.29, 1.82) is 0 Å². The van der Waals surface area contributed by atoms with Crippen molar-refractivity contribution in [3.05, 3.63) is 72.3 Å². The maximum Gasteiger partial charge on any atom is 0.254 e. The number of hydrogen-bond acceptors (Lipinski definition) is 4. The standard InChI is InChI=1S/C21H24N2O3/c1-3-10-26-18-9-5-7-16(12-18)21(24)23-13-19(20(22)14-23)15-6-4-8-17(11-15)25-2/h3-9,11-12,19-20H,1,10,13-14,22H2,2H3/t19-,20+/m1/s1. The van der Waals surface area contributed by atoms with Gasteiger partial charge in [0, 0.05) is 30.6 Å². The summed E-state index contributed by atoms with van der Waals surface area (Å²) in [6, 6.07) is 15.0. The van der Waals surface area contributed by atoms with E-state index in [0.29, 0.717) is 31.0 Å². The second-order valence-electron chi connectivity index (χ2n) is 6.38. The molecule has 0 radical (unpaired) electrons. The van der Waals surface area contributed by atoms with Crippen molar-refractivity contribution in [2.45, 2.75) is 12.0 Å². The van der Waals surface area contributed by atoms with Gasteiger partial charge in [-0.05, 0) is 35.9 Å². The van der Waals surface area contributed by atoms with E-state index in [1.165, 1.54) is 0 Å². The molecule has 1 fully saturated rings. The molecule has 136 valence electrons. The Hall–Kier alpha value is -2.79. The zero-order valence-electron chi connectivity index (χ0n) is 14.9. The molecule has 1 aliphatic heterocycles. The Morgan fingerprint density at radius 3 is 2.77 bits per heavy atom. The lowest BCUT2D eigenvalue weighted by atomic mass is 9.95. The van der Waals surface area contributed by atoms with E-state index >= 15 is 0 Å². The second-order valence-corrected chi connectivity index (χ2v) is 6.38. The molecule has 5 heteroatoms. The van der Waals surface area contributed by atoms with Crippen molar-refractivity contribution in [3.63, 3.8) is 0 Å². The van der Waals surface area contributed by atoms with Gasteiger partial charge in [-0.2, -0.15) is 0 Å². The van der Waals surface area contributed by atoms with Gasteiger partial charge >= 0.3 is 0 Å². The van der Waals surface area contributed by atoms with Crippen LogP contribution in [0, 0.1) is 0 Å². The first-order valence-corrected chi connectivity index (χ1v) is 8.65. The molecular formula is C21H24N2O3. The van der Waals surface area contributed by atoms with Gasteiger partial charge in [-0.1, -0.05) is 30.9 Å². The van der Waals surface area contributed by atoms with Crippen LogP contribution in [0.4, 0.5) is 0 Å². The van der Waals surface area contributed by atoms with Crippen LogP contribution in [-0.4, -0.2) is 43.7 Å². The van der Waals surface area contributed by atoms with Crippen molar-refractivity contribution >= 4 is 5.91 Å². The number of amides is 1. The van der Waals surface area contributed by atoms with Gasteiger partial charge < -0.3 is 20.1 Å². The van der Waals surface area contributed by atoms with Crippen LogP contribution in [-0.2, 0) is 0 Å². The molecule has 2 N–H and O–H groups in total. The number of carbonyl (C=O) groups excluding carboxylic acids is 1. The third-order valence-electron chi connectivity index (χ3n) is 4.62. The van der Waals surface area contributed by atoms with E-state index < -0.39 is 0 Å². The Kier molecular flexibility index (Phi) is 5.58. The van der Waals surface area contributed by atoms with E-state index in [2.05, 4.69) is 6.58 Å². The van der Waals surface area contributed by atoms with Gasteiger partial charge in [0.25, 0.3) is 5.91 Å². The minimum absolute atomic E-state index is 0.0325. The number of ether oxygens (including phenoxy) is 2. The Balaban J connectivity index is 1.74. The summed E-state index contributed by atoms with van der Waals surface area (Å²) in [5.41, 5.74) is 8.03. The van der Waals surface area contributed by atoms with E-state index in [9.17, 15) is 4.79 Å². The van der Waals surface area contributed by atoms with E-state index in [0.717, 1.165) is 11.3 Å². The molecule has 0 spiro atoms. The Morgan fingerprint density at radius 1 is 1.23 bits per heavy atom. The van der Waals surface area contributed by atoms with Crippen LogP contribution >= 0.6 is 0 Å². The highest BCUT2D eigenvalue weighted by Crippen LogP contribution is 2.30. The lowest BCUT2D eigenvalue weighted by molar-refractivity contribution is 0.0788. The third-order valence-corrected chi connectivity index (χ3v) is 4.62. The predicted octanol–water partition coefficient (Wildman–Crippen LogP) is 2.83. The summed E-state index contributed by atoms with van der Waals surface area (Å²) >= 11 is 0. The SMILES string of the molecule is C=CCOc1cccc(C(=O)N2C[C@H](c3cccc(OC)c3)[C@@H](N)C2)c1. The molecule has 26 heavy (non-hydrogen) atoms. The lowest BCUT2D eigenvalue weighted by Crippen LogP contribution is -2.32. The van der Waals surface area contributed by atoms with Gasteiger partial charge in [-0.3, -0.25) is 4.79 Å². The summed E-state index contributed by atoms with van der Waals surface area (Å²) in [4.78, 5) is 14.7. The lowest BCUT2D eigenvalue weighted by Gasteiger charge is -2.17. The van der Waals surface area contributed by atoms with E-state index in [1.807, 2.05) is 36.4 Å². The molecule has 3 rings (SSSR count). The van der Waals surface area contributed by atoms with Gasteiger partial charge in [-0.25, -0.2) is 0 Å². The van der Waals surface area contributed by atoms with E-state index in [4.69, 9.17) is 15.2 Å². The zero-order valence-corrected chi connectivity index (χ0v) is 14.9. The largest absolute Gasteiger partial charge is 0.497 e. The molecule has 0 unspecified atom stereocenters. The number of methoxy groups -OCH3 is 1. The molecular weight excluding hydrogens is 328 g/mol. The van der Waals surface area contributed by atoms with Crippen LogP contribution in [0.3, 0.4) is 0 Å². The van der Waals surface area contributed by atoms with Crippen molar-refractivity contribution in [1.82, 2.24) is 4.90 Å². The summed E-state index contributed by atoms with van der Waals surface area (Å²) in [6.07, 6.45) is 1.67. The van der Waals surface area contributed by atoms with Crippen LogP contribution in [0.2, 0.25) is 0 Å². The first-order chi connectivity index (χ1) is 12.6. The van der Waals surface area contributed by atoms with Gasteiger partial charge in [0.2, 0.25) is 0 Å². The van der Waals surface area contributed by atoms with E-state index in [1.54, 1.807) is 30.2 Å². The maximum absolute atomic E-state index is 12.9. The molecule has 0 aromatic heterocycles. The summed E-state index contributed by atoms with van der Waals surface area (Å²) < 4.78 is 10.8. The summed E-state index contributed by atoms with van der Waals surface area (Å²) in [5.74, 6) is 1.51. The van der Waals surface area contributed by atoms with Gasteiger partial charge in [0.1, 0.15) is 18.1 Å². The number of benzene rings is 2. The highest BCUT2D eigenvalue weighted by Gasteiger charge is 2.34. The maximum atomic E-state index is 12.9. The molecule has 1 amide bonds. The average molecular weight is 352 g/mol. The molecule has 0 saturated carbocycles. The third kappa shape index (κ3) is 3.89. The van der Waals surface area contributed by atoms with Crippen LogP contribution < -0.4 is 15.2 Å². The minimum Gasteiger partial charge on any atom is -0.497 e. The molecule has 5 nitrogen and oxygen atoms in total. The van der Waals surface area contributed by atoms with Crippen molar-refractivity contribution in [2.75, 3.05) is 26.8 Å². The Bertz CT molecular complexity index is 790. The van der Waals surface area contributed by atoms with Crippen molar-refractivity contribution in [3.8, 4) is 11.5 Å². The number of nitrogens with zero attached hydrogens (tertiary/aromatic N) is 1. The molecule has 1 heterocycles. The Morgan fingerprint density at radius 2 is 2.00 bits per heavy atom. The van der Waals surface area contributed by atoms with Gasteiger partial charge in [0.15, 0.2) is 0 Å². The molecule has 2 atom stereocenters. The molecule has 2 aromatic rings. The molecule has 0 bridgehead atoms. The second kappa shape index (κ2) is 8.06. The predicted molar refractivity (Wildman–Crippen MR) is 102 cm³/mol. The average Bonchev–Trinajstić information content (AvgIpc) is 3.07. The topological polar surface area (TPSA) is 64.8 Å². The smallest absolute Gasteiger partial charge is 0.254 e. The zero-order chi connectivity index (χ0) is 18.5. The number of nitrogens with two attached hydrogens (primary N) is 1. The fourth-order valence-corrected chi connectivity index (χ4v) is 3.28. The summed E-state index contributed by atoms with van der Waals surface area (Å²) in [5, 5.41) is 0. The highest BCUT2D eigenvalue weighted by atomic mass is 16.5. The fraction of sp³-hybridized carbons (Fsp3) is 0.286. The summed E-state index contributed by atoms with van der Waals surface area (Å²) in [6.45, 7) is 5.15. The first-order valence-electron chi connectivity index (χ1n) is 8.65. The molecule has 0 aliphatic carbocycles. The minimum atomic E-state index is -0.105. The number of carbonyl (C=O) groups is 1. The van der Waals surface area contributed by atoms with Gasteiger partial charge in [-0.15, -0.1) is 0 Å². The molecule has 1 aliphatic rings. The fourth-order valence-electron chi connectivity index (χ4n) is 3.28. The number of hydrogen-bond donors (Lipinski definition) is 1. The Labute approximate surface area is 154 Å². The normalized spacial score (nSPS) is 19.2.